The van der Waals surface area contributed by atoms with Crippen LogP contribution in [0.25, 0.3) is 0 Å². The quantitative estimate of drug-likeness (QED) is 0.136. The van der Waals surface area contributed by atoms with Crippen LogP contribution in [0.3, 0.4) is 0 Å². The van der Waals surface area contributed by atoms with Crippen molar-refractivity contribution in [3.05, 3.63) is 151 Å². The molecule has 0 aliphatic carbocycles. The number of ether oxygens (including phenoxy) is 1. The molecule has 4 nitrogen and oxygen atoms in total. The zero-order valence-electron chi connectivity index (χ0n) is 25.2. The average Bonchev–Trinajstić information content (AvgIpc) is 2.99. The topological polar surface area (TPSA) is 66.4 Å². The fourth-order valence-electron chi connectivity index (χ4n) is 4.58. The van der Waals surface area contributed by atoms with Crippen LogP contribution in [0.2, 0.25) is 0 Å². The van der Waals surface area contributed by atoms with Gasteiger partial charge in [-0.3, -0.25) is 0 Å². The van der Waals surface area contributed by atoms with Crippen molar-refractivity contribution in [2.75, 3.05) is 0 Å². The molecule has 0 aromatic heterocycles. The molecule has 0 saturated carbocycles. The third-order valence-corrected chi connectivity index (χ3v) is 9.88. The Labute approximate surface area is 259 Å². The molecule has 0 bridgehead atoms. The first-order valence-electron chi connectivity index (χ1n) is 14.1. The van der Waals surface area contributed by atoms with Gasteiger partial charge in [-0.1, -0.05) is 92.7 Å². The van der Waals surface area contributed by atoms with Crippen molar-refractivity contribution in [2.24, 2.45) is 0 Å². The molecule has 222 valence electrons. The number of hydrogen-bond donors (Lipinski definition) is 0. The standard InChI is InChI=1S/C22H23OS.C15H16O3S/c1-22(2,3)23-18-14-16-21(17-15-18)24(19-10-6-4-7-11-19)20-12-8-5-9-13-20;1-15(2,12-6-4-3-5-7-12)13-8-10-14(11-9-13)19(16,17)18/h4-17H,1-3H3;3-11H,1-2H3,(H,16,17,18)/q+1;/p-1. The van der Waals surface area contributed by atoms with E-state index in [4.69, 9.17) is 4.74 Å². The van der Waals surface area contributed by atoms with E-state index in [0.29, 0.717) is 0 Å². The molecule has 0 unspecified atom stereocenters. The summed E-state index contributed by atoms with van der Waals surface area (Å²) in [5.74, 6) is 0.913. The van der Waals surface area contributed by atoms with Crippen LogP contribution in [0.1, 0.15) is 45.7 Å². The zero-order chi connectivity index (χ0) is 31.1. The summed E-state index contributed by atoms with van der Waals surface area (Å²) >= 11 is 0. The maximum atomic E-state index is 10.9. The third kappa shape index (κ3) is 8.83. The van der Waals surface area contributed by atoms with E-state index in [2.05, 4.69) is 120 Å². The molecule has 0 radical (unpaired) electrons. The largest absolute Gasteiger partial charge is 0.744 e. The van der Waals surface area contributed by atoms with E-state index >= 15 is 0 Å². The first-order chi connectivity index (χ1) is 20.3. The van der Waals surface area contributed by atoms with Gasteiger partial charge in [-0.05, 0) is 92.6 Å². The third-order valence-electron chi connectivity index (χ3n) is 6.80. The van der Waals surface area contributed by atoms with E-state index in [0.717, 1.165) is 16.9 Å². The van der Waals surface area contributed by atoms with E-state index in [9.17, 15) is 13.0 Å². The van der Waals surface area contributed by atoms with Gasteiger partial charge in [0.05, 0.1) is 15.8 Å². The minimum atomic E-state index is -4.38. The summed E-state index contributed by atoms with van der Waals surface area (Å²) in [6.07, 6.45) is 0. The molecular weight excluding hydrogens is 573 g/mol. The predicted octanol–water partition coefficient (Wildman–Crippen LogP) is 8.88. The summed E-state index contributed by atoms with van der Waals surface area (Å²) in [5, 5.41) is 0. The van der Waals surface area contributed by atoms with Gasteiger partial charge in [-0.15, -0.1) is 0 Å². The van der Waals surface area contributed by atoms with Crippen molar-refractivity contribution < 1.29 is 17.7 Å². The Bertz CT molecular complexity index is 1640. The van der Waals surface area contributed by atoms with E-state index < -0.39 is 10.1 Å². The molecule has 0 fully saturated rings. The number of benzene rings is 5. The summed E-state index contributed by atoms with van der Waals surface area (Å²) in [4.78, 5) is 3.76. The van der Waals surface area contributed by atoms with E-state index in [-0.39, 0.29) is 26.8 Å². The monoisotopic (exact) mass is 610 g/mol. The highest BCUT2D eigenvalue weighted by atomic mass is 32.2. The van der Waals surface area contributed by atoms with Crippen LogP contribution in [0.4, 0.5) is 0 Å². The van der Waals surface area contributed by atoms with Gasteiger partial charge >= 0.3 is 0 Å². The molecule has 6 heteroatoms. The fourth-order valence-corrected chi connectivity index (χ4v) is 7.13. The Hall–Kier alpha value is -3.84. The van der Waals surface area contributed by atoms with Gasteiger partial charge in [0.1, 0.15) is 21.5 Å². The summed E-state index contributed by atoms with van der Waals surface area (Å²) in [6, 6.07) is 45.9. The molecule has 0 N–H and O–H groups in total. The second-order valence-corrected chi connectivity index (χ2v) is 15.0. The minimum absolute atomic E-state index is 0.102. The van der Waals surface area contributed by atoms with Crippen LogP contribution in [-0.4, -0.2) is 18.6 Å². The van der Waals surface area contributed by atoms with Crippen LogP contribution >= 0.6 is 0 Å². The predicted molar refractivity (Wildman–Crippen MR) is 175 cm³/mol. The average molecular weight is 611 g/mol. The van der Waals surface area contributed by atoms with Gasteiger partial charge in [0.2, 0.25) is 0 Å². The normalized spacial score (nSPS) is 11.9. The smallest absolute Gasteiger partial charge is 0.166 e. The number of rotatable bonds is 7. The molecule has 0 spiro atoms. The van der Waals surface area contributed by atoms with Gasteiger partial charge < -0.3 is 9.29 Å². The second kappa shape index (κ2) is 13.6. The van der Waals surface area contributed by atoms with Gasteiger partial charge in [-0.25, -0.2) is 8.42 Å². The van der Waals surface area contributed by atoms with Gasteiger partial charge in [0.15, 0.2) is 14.7 Å². The van der Waals surface area contributed by atoms with Crippen LogP contribution in [-0.2, 0) is 26.4 Å². The van der Waals surface area contributed by atoms with Gasteiger partial charge in [0.25, 0.3) is 0 Å². The van der Waals surface area contributed by atoms with E-state index in [1.807, 2.05) is 30.3 Å². The molecule has 0 atom stereocenters. The summed E-state index contributed by atoms with van der Waals surface area (Å²) in [7, 11) is -4.48. The van der Waals surface area contributed by atoms with Crippen LogP contribution in [0.15, 0.2) is 159 Å². The van der Waals surface area contributed by atoms with Crippen molar-refractivity contribution in [2.45, 2.75) is 65.2 Å². The lowest BCUT2D eigenvalue weighted by atomic mass is 9.78. The molecular formula is C37H38O4S2. The molecule has 0 aliphatic rings. The van der Waals surface area contributed by atoms with Gasteiger partial charge in [-0.2, -0.15) is 0 Å². The van der Waals surface area contributed by atoms with Gasteiger partial charge in [0, 0.05) is 5.41 Å². The van der Waals surface area contributed by atoms with Crippen LogP contribution in [0.5, 0.6) is 5.75 Å². The SMILES string of the molecule is CC(C)(C)Oc1ccc([S+](c2ccccc2)c2ccccc2)cc1.CC(C)(c1ccccc1)c1ccc(S(=O)(=O)[O-])cc1. The molecule has 5 aromatic rings. The first-order valence-corrected chi connectivity index (χ1v) is 16.7. The van der Waals surface area contributed by atoms with Crippen molar-refractivity contribution >= 4 is 21.0 Å². The lowest BCUT2D eigenvalue weighted by Gasteiger charge is -2.26. The Kier molecular flexibility index (Phi) is 10.2. The molecule has 0 amide bonds. The Balaban J connectivity index is 0.000000203. The Morgan fingerprint density at radius 2 is 0.930 bits per heavy atom. The van der Waals surface area contributed by atoms with E-state index in [1.165, 1.54) is 26.8 Å². The summed E-state index contributed by atoms with van der Waals surface area (Å²) in [6.45, 7) is 10.3. The molecule has 5 aromatic carbocycles. The molecule has 0 heterocycles. The second-order valence-electron chi connectivity index (χ2n) is 11.6. The van der Waals surface area contributed by atoms with Crippen molar-refractivity contribution in [1.82, 2.24) is 0 Å². The highest BCUT2D eigenvalue weighted by molar-refractivity contribution is 7.97. The van der Waals surface area contributed by atoms with Crippen LogP contribution in [0, 0.1) is 0 Å². The van der Waals surface area contributed by atoms with Crippen LogP contribution < -0.4 is 4.74 Å². The van der Waals surface area contributed by atoms with Crippen molar-refractivity contribution in [3.63, 3.8) is 0 Å². The number of hydrogen-bond acceptors (Lipinski definition) is 4. The van der Waals surface area contributed by atoms with E-state index in [1.54, 1.807) is 12.1 Å². The zero-order valence-corrected chi connectivity index (χ0v) is 26.9. The highest BCUT2D eigenvalue weighted by Crippen LogP contribution is 2.33. The maximum absolute atomic E-state index is 10.9. The maximum Gasteiger partial charge on any atom is 0.166 e. The summed E-state index contributed by atoms with van der Waals surface area (Å²) in [5.41, 5.74) is 1.67. The minimum Gasteiger partial charge on any atom is -0.744 e. The first kappa shape index (κ1) is 32.1. The lowest BCUT2D eigenvalue weighted by molar-refractivity contribution is 0.131. The Morgan fingerprint density at radius 1 is 0.535 bits per heavy atom. The highest BCUT2D eigenvalue weighted by Gasteiger charge is 2.28. The summed E-state index contributed by atoms with van der Waals surface area (Å²) < 4.78 is 38.7. The lowest BCUT2D eigenvalue weighted by Crippen LogP contribution is -2.22. The Morgan fingerprint density at radius 3 is 1.35 bits per heavy atom. The molecule has 0 saturated heterocycles. The van der Waals surface area contributed by atoms with Crippen molar-refractivity contribution in [3.8, 4) is 5.75 Å². The fraction of sp³-hybridized carbons (Fsp3) is 0.189. The molecule has 43 heavy (non-hydrogen) atoms. The molecule has 5 rings (SSSR count). The van der Waals surface area contributed by atoms with Crippen molar-refractivity contribution in [1.29, 1.82) is 0 Å². The molecule has 0 aliphatic heterocycles.